The lowest BCUT2D eigenvalue weighted by atomic mass is 9.93. The highest BCUT2D eigenvalue weighted by Crippen LogP contribution is 2.29. The number of hydrogen-bond donors (Lipinski definition) is 1. The van der Waals surface area contributed by atoms with Crippen LogP contribution >= 0.6 is 22.7 Å². The molecule has 20 heavy (non-hydrogen) atoms. The Bertz CT molecular complexity index is 512. The Hall–Kier alpha value is -0.680. The highest BCUT2D eigenvalue weighted by molar-refractivity contribution is 7.14. The molecule has 4 heteroatoms. The molecule has 0 spiro atoms. The Morgan fingerprint density at radius 1 is 1.25 bits per heavy atom. The number of nitrogens with one attached hydrogen (secondary N) is 1. The van der Waals surface area contributed by atoms with Crippen molar-refractivity contribution in [3.8, 4) is 10.4 Å². The number of nitrogens with zero attached hydrogens (tertiary/aromatic N) is 1. The molecule has 0 radical (unpaired) electrons. The molecule has 0 aliphatic rings. The maximum absolute atomic E-state index is 3.59. The topological polar surface area (TPSA) is 15.3 Å². The Morgan fingerprint density at radius 3 is 2.70 bits per heavy atom. The fourth-order valence-corrected chi connectivity index (χ4v) is 4.12. The minimum Gasteiger partial charge on any atom is -0.311 e. The van der Waals surface area contributed by atoms with Crippen LogP contribution in [0.15, 0.2) is 29.0 Å². The molecular formula is C16H24N2S2. The zero-order valence-electron chi connectivity index (χ0n) is 12.8. The van der Waals surface area contributed by atoms with Crippen molar-refractivity contribution >= 4 is 22.7 Å². The maximum Gasteiger partial charge on any atom is 0.0351 e. The van der Waals surface area contributed by atoms with Crippen LogP contribution < -0.4 is 5.32 Å². The van der Waals surface area contributed by atoms with Gasteiger partial charge in [-0.25, -0.2) is 0 Å². The van der Waals surface area contributed by atoms with Crippen LogP contribution in [0.25, 0.3) is 10.4 Å². The fourth-order valence-electron chi connectivity index (χ4n) is 2.48. The van der Waals surface area contributed by atoms with Gasteiger partial charge in [-0.15, -0.1) is 22.7 Å². The van der Waals surface area contributed by atoms with Crippen molar-refractivity contribution in [3.63, 3.8) is 0 Å². The van der Waals surface area contributed by atoms with Crippen LogP contribution in [0.3, 0.4) is 0 Å². The number of rotatable bonds is 7. The van der Waals surface area contributed by atoms with Crippen molar-refractivity contribution in [2.45, 2.75) is 20.4 Å². The monoisotopic (exact) mass is 308 g/mol. The lowest BCUT2D eigenvalue weighted by Crippen LogP contribution is -2.37. The molecule has 2 aromatic heterocycles. The molecule has 2 heterocycles. The van der Waals surface area contributed by atoms with Gasteiger partial charge < -0.3 is 10.2 Å². The summed E-state index contributed by atoms with van der Waals surface area (Å²) in [6, 6.07) is 6.60. The molecule has 0 aromatic carbocycles. The normalized spacial score (nSPS) is 12.2. The predicted octanol–water partition coefficient (Wildman–Crippen LogP) is 4.15. The van der Waals surface area contributed by atoms with Gasteiger partial charge in [0, 0.05) is 35.0 Å². The first-order valence-electron chi connectivity index (χ1n) is 6.93. The zero-order chi connectivity index (χ0) is 14.6. The van der Waals surface area contributed by atoms with E-state index in [4.69, 9.17) is 0 Å². The van der Waals surface area contributed by atoms with Crippen molar-refractivity contribution in [1.82, 2.24) is 10.2 Å². The van der Waals surface area contributed by atoms with Crippen molar-refractivity contribution in [2.75, 3.05) is 27.2 Å². The first-order chi connectivity index (χ1) is 9.46. The van der Waals surface area contributed by atoms with Crippen LogP contribution in [0.4, 0.5) is 0 Å². The van der Waals surface area contributed by atoms with Crippen molar-refractivity contribution in [1.29, 1.82) is 0 Å². The van der Waals surface area contributed by atoms with Gasteiger partial charge in [-0.3, -0.25) is 0 Å². The molecule has 0 bridgehead atoms. The van der Waals surface area contributed by atoms with Crippen LogP contribution in [0, 0.1) is 5.41 Å². The molecule has 0 unspecified atom stereocenters. The lowest BCUT2D eigenvalue weighted by Gasteiger charge is -2.28. The van der Waals surface area contributed by atoms with Crippen LogP contribution in [0.2, 0.25) is 0 Å². The van der Waals surface area contributed by atoms with E-state index in [1.807, 2.05) is 11.3 Å². The van der Waals surface area contributed by atoms with Crippen LogP contribution in [0.5, 0.6) is 0 Å². The zero-order valence-corrected chi connectivity index (χ0v) is 14.4. The van der Waals surface area contributed by atoms with E-state index in [0.29, 0.717) is 5.41 Å². The van der Waals surface area contributed by atoms with Gasteiger partial charge >= 0.3 is 0 Å². The summed E-state index contributed by atoms with van der Waals surface area (Å²) in [6.45, 7) is 7.73. The summed E-state index contributed by atoms with van der Waals surface area (Å²) in [5, 5.41) is 7.98. The van der Waals surface area contributed by atoms with E-state index in [1.54, 1.807) is 11.3 Å². The summed E-state index contributed by atoms with van der Waals surface area (Å²) >= 11 is 3.65. The Labute approximate surface area is 130 Å². The summed E-state index contributed by atoms with van der Waals surface area (Å²) in [5.74, 6) is 0. The minimum atomic E-state index is 0.303. The van der Waals surface area contributed by atoms with Gasteiger partial charge in [0.2, 0.25) is 0 Å². The van der Waals surface area contributed by atoms with E-state index in [2.05, 4.69) is 67.1 Å². The van der Waals surface area contributed by atoms with E-state index in [-0.39, 0.29) is 0 Å². The highest BCUT2D eigenvalue weighted by Gasteiger charge is 2.18. The molecule has 2 aromatic rings. The molecule has 0 aliphatic carbocycles. The summed E-state index contributed by atoms with van der Waals surface area (Å²) in [4.78, 5) is 5.02. The summed E-state index contributed by atoms with van der Waals surface area (Å²) < 4.78 is 0. The molecule has 2 nitrogen and oxygen atoms in total. The fraction of sp³-hybridized carbons (Fsp3) is 0.500. The van der Waals surface area contributed by atoms with Crippen LogP contribution in [0.1, 0.15) is 18.7 Å². The maximum atomic E-state index is 3.59. The third kappa shape index (κ3) is 4.70. The van der Waals surface area contributed by atoms with E-state index < -0.39 is 0 Å². The molecule has 0 aliphatic heterocycles. The molecule has 0 saturated heterocycles. The van der Waals surface area contributed by atoms with Gasteiger partial charge in [-0.05, 0) is 42.4 Å². The van der Waals surface area contributed by atoms with Crippen LogP contribution in [-0.4, -0.2) is 32.1 Å². The number of hydrogen-bond acceptors (Lipinski definition) is 4. The quantitative estimate of drug-likeness (QED) is 0.826. The van der Waals surface area contributed by atoms with Crippen LogP contribution in [-0.2, 0) is 6.54 Å². The average molecular weight is 309 g/mol. The molecule has 0 saturated carbocycles. The van der Waals surface area contributed by atoms with E-state index in [9.17, 15) is 0 Å². The molecule has 110 valence electrons. The first-order valence-corrected chi connectivity index (χ1v) is 8.69. The second kappa shape index (κ2) is 6.85. The van der Waals surface area contributed by atoms with Crippen molar-refractivity contribution in [3.05, 3.63) is 33.8 Å². The smallest absolute Gasteiger partial charge is 0.0351 e. The van der Waals surface area contributed by atoms with E-state index >= 15 is 0 Å². The molecule has 1 N–H and O–H groups in total. The Morgan fingerprint density at radius 2 is 2.05 bits per heavy atom. The van der Waals surface area contributed by atoms with Crippen molar-refractivity contribution in [2.24, 2.45) is 5.41 Å². The lowest BCUT2D eigenvalue weighted by molar-refractivity contribution is 0.232. The highest BCUT2D eigenvalue weighted by atomic mass is 32.1. The molecular weight excluding hydrogens is 284 g/mol. The standard InChI is InChI=1S/C16H24N2S2/c1-16(2,12-18(3)4)11-17-9-14-8-13(10-20-14)15-6-5-7-19-15/h5-8,10,17H,9,11-12H2,1-4H3. The van der Waals surface area contributed by atoms with E-state index in [1.165, 1.54) is 15.3 Å². The third-order valence-corrected chi connectivity index (χ3v) is 4.96. The molecule has 0 atom stereocenters. The van der Waals surface area contributed by atoms with Gasteiger partial charge in [0.05, 0.1) is 0 Å². The van der Waals surface area contributed by atoms with Gasteiger partial charge in [0.15, 0.2) is 0 Å². The predicted molar refractivity (Wildman–Crippen MR) is 91.7 cm³/mol. The summed E-state index contributed by atoms with van der Waals surface area (Å²) in [6.07, 6.45) is 0. The largest absolute Gasteiger partial charge is 0.311 e. The van der Waals surface area contributed by atoms with Gasteiger partial charge in [0.1, 0.15) is 0 Å². The Kier molecular flexibility index (Phi) is 5.38. The SMILES string of the molecule is CN(C)CC(C)(C)CNCc1cc(-c2cccs2)cs1. The van der Waals surface area contributed by atoms with Gasteiger partial charge in [-0.1, -0.05) is 19.9 Å². The summed E-state index contributed by atoms with van der Waals surface area (Å²) in [5.41, 5.74) is 1.66. The number of thiophene rings is 2. The van der Waals surface area contributed by atoms with Crippen molar-refractivity contribution < 1.29 is 0 Å². The second-order valence-electron chi connectivity index (χ2n) is 6.28. The van der Waals surface area contributed by atoms with Gasteiger partial charge in [-0.2, -0.15) is 0 Å². The molecule has 0 fully saturated rings. The second-order valence-corrected chi connectivity index (χ2v) is 8.23. The average Bonchev–Trinajstić information content (AvgIpc) is 2.96. The third-order valence-electron chi connectivity index (χ3n) is 3.11. The molecule has 2 rings (SSSR count). The minimum absolute atomic E-state index is 0.303. The molecule has 0 amide bonds. The summed E-state index contributed by atoms with van der Waals surface area (Å²) in [7, 11) is 4.27. The first kappa shape index (κ1) is 15.7. The Balaban J connectivity index is 1.83. The van der Waals surface area contributed by atoms with Gasteiger partial charge in [0.25, 0.3) is 0 Å². The van der Waals surface area contributed by atoms with E-state index in [0.717, 1.165) is 19.6 Å².